The number of amides is 1. The Morgan fingerprint density at radius 1 is 1.77 bits per heavy atom. The molecular weight excluding hydrogens is 170 g/mol. The summed E-state index contributed by atoms with van der Waals surface area (Å²) in [5.74, 6) is -0.217. The molecule has 0 saturated heterocycles. The van der Waals surface area contributed by atoms with E-state index in [1.807, 2.05) is 6.08 Å². The molecule has 0 unspecified atom stereocenters. The van der Waals surface area contributed by atoms with Crippen LogP contribution in [0, 0.1) is 0 Å². The lowest BCUT2D eigenvalue weighted by molar-refractivity contribution is -0.139. The van der Waals surface area contributed by atoms with Crippen molar-refractivity contribution >= 4 is 12.4 Å². The van der Waals surface area contributed by atoms with Gasteiger partial charge >= 0.3 is 5.97 Å². The fourth-order valence-corrected chi connectivity index (χ4v) is 1.24. The van der Waals surface area contributed by atoms with Crippen molar-refractivity contribution in [3.63, 3.8) is 0 Å². The minimum absolute atomic E-state index is 0.217. The summed E-state index contributed by atoms with van der Waals surface area (Å²) in [7, 11) is 1.38. The molecule has 0 N–H and O–H groups in total. The molecule has 0 radical (unpaired) electrons. The molecule has 0 spiro atoms. The molecule has 1 heterocycles. The lowest BCUT2D eigenvalue weighted by Crippen LogP contribution is -2.27. The monoisotopic (exact) mass is 183 g/mol. The van der Waals surface area contributed by atoms with Gasteiger partial charge in [-0.3, -0.25) is 9.59 Å². The number of carbonyl (C=O) groups is 2. The highest BCUT2D eigenvalue weighted by Crippen LogP contribution is 2.13. The van der Waals surface area contributed by atoms with Crippen LogP contribution in [0.25, 0.3) is 0 Å². The number of rotatable bonds is 3. The Kier molecular flexibility index (Phi) is 3.49. The third-order valence-electron chi connectivity index (χ3n) is 2.08. The molecule has 4 nitrogen and oxygen atoms in total. The van der Waals surface area contributed by atoms with E-state index in [1.165, 1.54) is 7.11 Å². The molecule has 0 aromatic rings. The van der Waals surface area contributed by atoms with Gasteiger partial charge in [0.1, 0.15) is 0 Å². The van der Waals surface area contributed by atoms with Crippen molar-refractivity contribution in [1.82, 2.24) is 4.90 Å². The van der Waals surface area contributed by atoms with Gasteiger partial charge in [0, 0.05) is 13.1 Å². The highest BCUT2D eigenvalue weighted by molar-refractivity contribution is 5.72. The van der Waals surface area contributed by atoms with Crippen LogP contribution in [-0.2, 0) is 14.3 Å². The first-order valence-electron chi connectivity index (χ1n) is 4.20. The number of hydrogen-bond acceptors (Lipinski definition) is 3. The third kappa shape index (κ3) is 2.89. The Morgan fingerprint density at radius 3 is 3.00 bits per heavy atom. The molecule has 0 atom stereocenters. The molecule has 0 aromatic heterocycles. The smallest absolute Gasteiger partial charge is 0.309 e. The normalized spacial score (nSPS) is 16.4. The molecular formula is C9H13NO3. The molecule has 4 heteroatoms. The quantitative estimate of drug-likeness (QED) is 0.360. The van der Waals surface area contributed by atoms with Crippen LogP contribution >= 0.6 is 0 Å². The van der Waals surface area contributed by atoms with E-state index in [0.717, 1.165) is 18.4 Å². The van der Waals surface area contributed by atoms with Gasteiger partial charge in [0.25, 0.3) is 0 Å². The number of ether oxygens (including phenoxy) is 1. The second kappa shape index (κ2) is 4.64. The Morgan fingerprint density at radius 2 is 2.54 bits per heavy atom. The Bertz CT molecular complexity index is 235. The Labute approximate surface area is 77.2 Å². The first-order valence-corrected chi connectivity index (χ1v) is 4.20. The second-order valence-electron chi connectivity index (χ2n) is 2.97. The lowest BCUT2D eigenvalue weighted by atomic mass is 10.1. The standard InChI is InChI=1S/C9H13NO3/c1-13-9(12)6-8-2-4-10(7-11)5-3-8/h2,7H,3-6H2,1H3. The third-order valence-corrected chi connectivity index (χ3v) is 2.08. The highest BCUT2D eigenvalue weighted by atomic mass is 16.5. The first-order chi connectivity index (χ1) is 6.26. The molecule has 1 aliphatic heterocycles. The molecule has 0 aliphatic carbocycles. The van der Waals surface area contributed by atoms with Crippen molar-refractivity contribution < 1.29 is 14.3 Å². The molecule has 72 valence electrons. The zero-order valence-corrected chi connectivity index (χ0v) is 7.66. The van der Waals surface area contributed by atoms with Gasteiger partial charge in [-0.1, -0.05) is 11.6 Å². The fraction of sp³-hybridized carbons (Fsp3) is 0.556. The summed E-state index contributed by atoms with van der Waals surface area (Å²) in [6.45, 7) is 1.31. The van der Waals surface area contributed by atoms with Crippen molar-refractivity contribution in [3.05, 3.63) is 11.6 Å². The fourth-order valence-electron chi connectivity index (χ4n) is 1.24. The average Bonchev–Trinajstić information content (AvgIpc) is 2.19. The first kappa shape index (κ1) is 9.77. The SMILES string of the molecule is COC(=O)CC1=CCN(C=O)CC1. The molecule has 0 saturated carbocycles. The van der Waals surface area contributed by atoms with E-state index < -0.39 is 0 Å². The van der Waals surface area contributed by atoms with Crippen molar-refractivity contribution in [1.29, 1.82) is 0 Å². The summed E-state index contributed by atoms with van der Waals surface area (Å²) >= 11 is 0. The topological polar surface area (TPSA) is 46.6 Å². The zero-order chi connectivity index (χ0) is 9.68. The van der Waals surface area contributed by atoms with Crippen LogP contribution in [0.5, 0.6) is 0 Å². The van der Waals surface area contributed by atoms with Crippen molar-refractivity contribution in [2.24, 2.45) is 0 Å². The number of hydrogen-bond donors (Lipinski definition) is 0. The number of esters is 1. The van der Waals surface area contributed by atoms with E-state index in [9.17, 15) is 9.59 Å². The van der Waals surface area contributed by atoms with E-state index in [2.05, 4.69) is 4.74 Å². The van der Waals surface area contributed by atoms with E-state index >= 15 is 0 Å². The van der Waals surface area contributed by atoms with E-state index in [-0.39, 0.29) is 5.97 Å². The minimum Gasteiger partial charge on any atom is -0.469 e. The number of carbonyl (C=O) groups excluding carboxylic acids is 2. The van der Waals surface area contributed by atoms with Gasteiger partial charge in [0.15, 0.2) is 0 Å². The van der Waals surface area contributed by atoms with Gasteiger partial charge in [0.05, 0.1) is 13.5 Å². The summed E-state index contributed by atoms with van der Waals surface area (Å²) in [6.07, 6.45) is 3.86. The van der Waals surface area contributed by atoms with Crippen LogP contribution in [0.2, 0.25) is 0 Å². The lowest BCUT2D eigenvalue weighted by Gasteiger charge is -2.21. The minimum atomic E-state index is -0.217. The largest absolute Gasteiger partial charge is 0.469 e. The Hall–Kier alpha value is -1.32. The number of nitrogens with zero attached hydrogens (tertiary/aromatic N) is 1. The van der Waals surface area contributed by atoms with Crippen molar-refractivity contribution in [2.75, 3.05) is 20.2 Å². The van der Waals surface area contributed by atoms with Gasteiger partial charge in [-0.2, -0.15) is 0 Å². The van der Waals surface area contributed by atoms with Gasteiger partial charge < -0.3 is 9.64 Å². The number of methoxy groups -OCH3 is 1. The van der Waals surface area contributed by atoms with E-state index in [1.54, 1.807) is 4.90 Å². The predicted molar refractivity (Wildman–Crippen MR) is 47.0 cm³/mol. The summed E-state index contributed by atoms with van der Waals surface area (Å²) in [5, 5.41) is 0. The molecule has 13 heavy (non-hydrogen) atoms. The maximum atomic E-state index is 10.9. The molecule has 1 aliphatic rings. The van der Waals surface area contributed by atoms with Gasteiger partial charge in [0.2, 0.25) is 6.41 Å². The molecule has 0 bridgehead atoms. The van der Waals surface area contributed by atoms with Crippen LogP contribution in [0.4, 0.5) is 0 Å². The van der Waals surface area contributed by atoms with Crippen LogP contribution in [0.15, 0.2) is 11.6 Å². The van der Waals surface area contributed by atoms with Crippen molar-refractivity contribution in [3.8, 4) is 0 Å². The molecule has 0 fully saturated rings. The van der Waals surface area contributed by atoms with Crippen LogP contribution in [0.3, 0.4) is 0 Å². The zero-order valence-electron chi connectivity index (χ0n) is 7.66. The summed E-state index contributed by atoms with van der Waals surface area (Å²) in [6, 6.07) is 0. The Balaban J connectivity index is 2.41. The van der Waals surface area contributed by atoms with Gasteiger partial charge in [-0.25, -0.2) is 0 Å². The van der Waals surface area contributed by atoms with Gasteiger partial charge in [-0.05, 0) is 6.42 Å². The second-order valence-corrected chi connectivity index (χ2v) is 2.97. The van der Waals surface area contributed by atoms with E-state index in [0.29, 0.717) is 19.5 Å². The molecule has 1 amide bonds. The predicted octanol–water partition coefficient (Wildman–Crippen LogP) is 0.338. The maximum Gasteiger partial charge on any atom is 0.309 e. The average molecular weight is 183 g/mol. The van der Waals surface area contributed by atoms with Crippen molar-refractivity contribution in [2.45, 2.75) is 12.8 Å². The highest BCUT2D eigenvalue weighted by Gasteiger charge is 2.12. The van der Waals surface area contributed by atoms with Crippen LogP contribution in [-0.4, -0.2) is 37.5 Å². The summed E-state index contributed by atoms with van der Waals surface area (Å²) in [4.78, 5) is 22.9. The summed E-state index contributed by atoms with van der Waals surface area (Å²) < 4.78 is 4.54. The molecule has 1 rings (SSSR count). The maximum absolute atomic E-state index is 10.9. The molecule has 0 aromatic carbocycles. The van der Waals surface area contributed by atoms with Crippen LogP contribution in [0.1, 0.15) is 12.8 Å². The van der Waals surface area contributed by atoms with Gasteiger partial charge in [-0.15, -0.1) is 0 Å². The summed E-state index contributed by atoms with van der Waals surface area (Å²) in [5.41, 5.74) is 1.06. The van der Waals surface area contributed by atoms with Crippen LogP contribution < -0.4 is 0 Å². The van der Waals surface area contributed by atoms with E-state index in [4.69, 9.17) is 0 Å².